The van der Waals surface area contributed by atoms with Gasteiger partial charge in [0.05, 0.1) is 14.2 Å². The summed E-state index contributed by atoms with van der Waals surface area (Å²) in [5, 5.41) is 1.16. The molecule has 1 radical (unpaired) electrons. The third-order valence-corrected chi connectivity index (χ3v) is 3.45. The Morgan fingerprint density at radius 1 is 1.10 bits per heavy atom. The van der Waals surface area contributed by atoms with Gasteiger partial charge in [0.15, 0.2) is 5.92 Å². The maximum absolute atomic E-state index is 11.6. The largest absolute Gasteiger partial charge is 0.468 e. The first kappa shape index (κ1) is 15.1. The van der Waals surface area contributed by atoms with E-state index in [2.05, 4.69) is 9.47 Å². The average molecular weight is 288 g/mol. The van der Waals surface area contributed by atoms with Crippen molar-refractivity contribution in [2.24, 2.45) is 0 Å². The van der Waals surface area contributed by atoms with Crippen LogP contribution in [0, 0.1) is 12.8 Å². The van der Waals surface area contributed by atoms with Crippen LogP contribution in [0.15, 0.2) is 30.5 Å². The van der Waals surface area contributed by atoms with E-state index in [0.29, 0.717) is 6.54 Å². The molecule has 0 aliphatic heterocycles. The summed E-state index contributed by atoms with van der Waals surface area (Å²) >= 11 is 0. The Morgan fingerprint density at radius 3 is 2.33 bits per heavy atom. The molecule has 0 fully saturated rings. The van der Waals surface area contributed by atoms with Gasteiger partial charge in [0.25, 0.3) is 0 Å². The zero-order valence-electron chi connectivity index (χ0n) is 12.4. The van der Waals surface area contributed by atoms with E-state index >= 15 is 0 Å². The molecule has 1 aromatic heterocycles. The van der Waals surface area contributed by atoms with Gasteiger partial charge in [-0.05, 0) is 25.0 Å². The van der Waals surface area contributed by atoms with Crippen LogP contribution in [0.25, 0.3) is 10.9 Å². The van der Waals surface area contributed by atoms with Crippen molar-refractivity contribution in [3.05, 3.63) is 41.9 Å². The van der Waals surface area contributed by atoms with Gasteiger partial charge in [-0.3, -0.25) is 9.59 Å². The SMILES string of the molecule is COC(=O)[C](CCn1cc(C)c2ccccc21)C(=O)OC. The van der Waals surface area contributed by atoms with Crippen molar-refractivity contribution < 1.29 is 19.1 Å². The van der Waals surface area contributed by atoms with Crippen LogP contribution in [0.5, 0.6) is 0 Å². The van der Waals surface area contributed by atoms with Crippen molar-refractivity contribution >= 4 is 22.8 Å². The van der Waals surface area contributed by atoms with Gasteiger partial charge in [-0.15, -0.1) is 0 Å². The molecule has 0 spiro atoms. The number of hydrogen-bond donors (Lipinski definition) is 0. The molecule has 0 aliphatic carbocycles. The molecule has 0 atom stereocenters. The molecule has 1 heterocycles. The van der Waals surface area contributed by atoms with Crippen LogP contribution in [0.2, 0.25) is 0 Å². The van der Waals surface area contributed by atoms with Crippen LogP contribution in [-0.2, 0) is 25.6 Å². The van der Waals surface area contributed by atoms with E-state index in [-0.39, 0.29) is 12.3 Å². The molecule has 0 aliphatic rings. The minimum atomic E-state index is -0.643. The first-order chi connectivity index (χ1) is 10.1. The zero-order valence-corrected chi connectivity index (χ0v) is 12.4. The van der Waals surface area contributed by atoms with Gasteiger partial charge in [-0.1, -0.05) is 18.2 Å². The molecular formula is C16H18NO4. The summed E-state index contributed by atoms with van der Waals surface area (Å²) in [6, 6.07) is 8.01. The number of aryl methyl sites for hydroxylation is 2. The topological polar surface area (TPSA) is 57.5 Å². The van der Waals surface area contributed by atoms with E-state index in [0.717, 1.165) is 16.5 Å². The number of carbonyl (C=O) groups is 2. The van der Waals surface area contributed by atoms with Crippen molar-refractivity contribution in [3.8, 4) is 0 Å². The summed E-state index contributed by atoms with van der Waals surface area (Å²) in [4.78, 5) is 23.3. The minimum Gasteiger partial charge on any atom is -0.468 e. The second-order valence-corrected chi connectivity index (χ2v) is 4.73. The van der Waals surface area contributed by atoms with Gasteiger partial charge >= 0.3 is 11.9 Å². The molecular weight excluding hydrogens is 270 g/mol. The van der Waals surface area contributed by atoms with Gasteiger partial charge in [-0.2, -0.15) is 0 Å². The molecule has 0 unspecified atom stereocenters. The van der Waals surface area contributed by atoms with Crippen molar-refractivity contribution in [2.75, 3.05) is 14.2 Å². The average Bonchev–Trinajstić information content (AvgIpc) is 2.83. The number of fused-ring (bicyclic) bond motifs is 1. The van der Waals surface area contributed by atoms with E-state index in [9.17, 15) is 9.59 Å². The lowest BCUT2D eigenvalue weighted by Gasteiger charge is -2.12. The second-order valence-electron chi connectivity index (χ2n) is 4.73. The molecule has 0 saturated carbocycles. The standard InChI is InChI=1S/C16H18NO4/c1-11-10-17(14-7-5-4-6-12(11)14)9-8-13(15(18)20-2)16(19)21-3/h4-7,10H,8-9H2,1-3H3. The monoisotopic (exact) mass is 288 g/mol. The highest BCUT2D eigenvalue weighted by Crippen LogP contribution is 2.22. The molecule has 2 aromatic rings. The number of aromatic nitrogens is 1. The van der Waals surface area contributed by atoms with Gasteiger partial charge in [0, 0.05) is 23.6 Å². The van der Waals surface area contributed by atoms with E-state index in [1.165, 1.54) is 14.2 Å². The summed E-state index contributed by atoms with van der Waals surface area (Å²) in [5.41, 5.74) is 2.23. The maximum atomic E-state index is 11.6. The Balaban J connectivity index is 2.20. The molecule has 2 rings (SSSR count). The predicted molar refractivity (Wildman–Crippen MR) is 78.6 cm³/mol. The summed E-state index contributed by atoms with van der Waals surface area (Å²) in [6.07, 6.45) is 2.27. The number of esters is 2. The van der Waals surface area contributed by atoms with Crippen molar-refractivity contribution in [1.29, 1.82) is 0 Å². The van der Waals surface area contributed by atoms with Crippen LogP contribution in [0.1, 0.15) is 12.0 Å². The number of hydrogen-bond acceptors (Lipinski definition) is 4. The fourth-order valence-electron chi connectivity index (χ4n) is 2.38. The summed E-state index contributed by atoms with van der Waals surface area (Å²) in [6.45, 7) is 2.54. The molecule has 0 bridgehead atoms. The number of rotatable bonds is 5. The Hall–Kier alpha value is -2.30. The number of nitrogens with zero attached hydrogens (tertiary/aromatic N) is 1. The van der Waals surface area contributed by atoms with E-state index < -0.39 is 11.9 Å². The highest BCUT2D eigenvalue weighted by atomic mass is 16.5. The van der Waals surface area contributed by atoms with E-state index in [1.54, 1.807) is 0 Å². The Morgan fingerprint density at radius 2 is 1.71 bits per heavy atom. The fraction of sp³-hybridized carbons (Fsp3) is 0.312. The van der Waals surface area contributed by atoms with Gasteiger partial charge < -0.3 is 14.0 Å². The van der Waals surface area contributed by atoms with Crippen LogP contribution < -0.4 is 0 Å². The van der Waals surface area contributed by atoms with Crippen molar-refractivity contribution in [2.45, 2.75) is 19.9 Å². The normalized spacial score (nSPS) is 10.9. The number of ether oxygens (including phenoxy) is 2. The number of benzene rings is 1. The fourth-order valence-corrected chi connectivity index (χ4v) is 2.38. The smallest absolute Gasteiger partial charge is 0.325 e. The number of carbonyl (C=O) groups excluding carboxylic acids is 2. The molecule has 0 N–H and O–H groups in total. The molecule has 0 amide bonds. The van der Waals surface area contributed by atoms with E-state index in [1.807, 2.05) is 42.0 Å². The van der Waals surface area contributed by atoms with Crippen LogP contribution in [-0.4, -0.2) is 30.7 Å². The molecule has 5 heteroatoms. The van der Waals surface area contributed by atoms with Crippen LogP contribution >= 0.6 is 0 Å². The molecule has 21 heavy (non-hydrogen) atoms. The zero-order chi connectivity index (χ0) is 15.4. The minimum absolute atomic E-state index is 0.0236. The first-order valence-corrected chi connectivity index (χ1v) is 6.65. The second kappa shape index (κ2) is 6.43. The van der Waals surface area contributed by atoms with Gasteiger partial charge in [0.2, 0.25) is 0 Å². The van der Waals surface area contributed by atoms with Crippen LogP contribution in [0.4, 0.5) is 0 Å². The predicted octanol–water partition coefficient (Wildman–Crippen LogP) is 2.26. The lowest BCUT2D eigenvalue weighted by Crippen LogP contribution is -2.25. The van der Waals surface area contributed by atoms with Gasteiger partial charge in [-0.25, -0.2) is 0 Å². The van der Waals surface area contributed by atoms with Crippen molar-refractivity contribution in [1.82, 2.24) is 4.57 Å². The van der Waals surface area contributed by atoms with Gasteiger partial charge in [0.1, 0.15) is 0 Å². The third kappa shape index (κ3) is 3.07. The first-order valence-electron chi connectivity index (χ1n) is 6.65. The quantitative estimate of drug-likeness (QED) is 0.625. The highest BCUT2D eigenvalue weighted by Gasteiger charge is 2.29. The molecule has 1 aromatic carbocycles. The van der Waals surface area contributed by atoms with Crippen LogP contribution in [0.3, 0.4) is 0 Å². The summed E-state index contributed by atoms with van der Waals surface area (Å²) in [7, 11) is 2.50. The summed E-state index contributed by atoms with van der Waals surface area (Å²) < 4.78 is 11.3. The Kier molecular flexibility index (Phi) is 4.62. The Labute approximate surface area is 123 Å². The number of para-hydroxylation sites is 1. The third-order valence-electron chi connectivity index (χ3n) is 3.45. The molecule has 5 nitrogen and oxygen atoms in total. The number of methoxy groups -OCH3 is 2. The highest BCUT2D eigenvalue weighted by molar-refractivity contribution is 6.09. The molecule has 111 valence electrons. The molecule has 0 saturated heterocycles. The van der Waals surface area contributed by atoms with E-state index in [4.69, 9.17) is 0 Å². The van der Waals surface area contributed by atoms with Crippen molar-refractivity contribution in [3.63, 3.8) is 0 Å². The summed E-state index contributed by atoms with van der Waals surface area (Å²) in [5.74, 6) is -1.26. The lowest BCUT2D eigenvalue weighted by atomic mass is 10.1. The maximum Gasteiger partial charge on any atom is 0.325 e. The Bertz CT molecular complexity index is 643. The lowest BCUT2D eigenvalue weighted by molar-refractivity contribution is -0.148.